The van der Waals surface area contributed by atoms with Crippen molar-refractivity contribution in [2.45, 2.75) is 12.6 Å². The van der Waals surface area contributed by atoms with Crippen molar-refractivity contribution in [1.29, 1.82) is 0 Å². The molecule has 2 aromatic rings. The topological polar surface area (TPSA) is 92.8 Å². The number of amides is 3. The molecule has 38 heavy (non-hydrogen) atoms. The summed E-state index contributed by atoms with van der Waals surface area (Å²) < 4.78 is 22.2. The van der Waals surface area contributed by atoms with Crippen LogP contribution < -0.4 is 14.8 Å². The lowest BCUT2D eigenvalue weighted by Crippen LogP contribution is -2.53. The maximum Gasteiger partial charge on any atom is 0.317 e. The summed E-state index contributed by atoms with van der Waals surface area (Å²) in [5.74, 6) is 0.951. The van der Waals surface area contributed by atoms with Crippen LogP contribution in [-0.2, 0) is 16.0 Å². The lowest BCUT2D eigenvalue weighted by molar-refractivity contribution is -0.0297. The molecular formula is C28H38N4O6. The van der Waals surface area contributed by atoms with E-state index in [9.17, 15) is 9.59 Å². The number of carbonyl (C=O) groups is 2. The largest absolute Gasteiger partial charge is 0.493 e. The van der Waals surface area contributed by atoms with Gasteiger partial charge in [0, 0.05) is 51.4 Å². The molecule has 4 rings (SSSR count). The molecule has 1 N–H and O–H groups in total. The molecule has 0 bridgehead atoms. The lowest BCUT2D eigenvalue weighted by atomic mass is 10.1. The lowest BCUT2D eigenvalue weighted by Gasteiger charge is -2.36. The fraction of sp³-hybridized carbons (Fsp3) is 0.500. The quantitative estimate of drug-likeness (QED) is 0.507. The smallest absolute Gasteiger partial charge is 0.317 e. The van der Waals surface area contributed by atoms with Crippen LogP contribution in [0.1, 0.15) is 15.9 Å². The standard InChI is InChI=1S/C28H38N4O6/c1-35-25-9-8-23(18-26(25)36-2)27(33)31(11-10-30-12-15-37-16-13-30)20-24-21-32(14-17-38-24)28(34)29-19-22-6-4-3-5-7-22/h3-9,18,24H,10-17,19-21H2,1-2H3,(H,29,34)/t24-/m0/s1. The van der Waals surface area contributed by atoms with Gasteiger partial charge in [-0.15, -0.1) is 0 Å². The van der Waals surface area contributed by atoms with Gasteiger partial charge in [0.1, 0.15) is 0 Å². The fourth-order valence-electron chi connectivity index (χ4n) is 4.66. The summed E-state index contributed by atoms with van der Waals surface area (Å²) in [4.78, 5) is 32.4. The molecule has 0 aliphatic carbocycles. The second-order valence-electron chi connectivity index (χ2n) is 9.36. The van der Waals surface area contributed by atoms with Gasteiger partial charge in [-0.1, -0.05) is 30.3 Å². The highest BCUT2D eigenvalue weighted by molar-refractivity contribution is 5.95. The molecule has 10 nitrogen and oxygen atoms in total. The van der Waals surface area contributed by atoms with E-state index in [1.807, 2.05) is 35.2 Å². The van der Waals surface area contributed by atoms with Crippen molar-refractivity contribution in [2.24, 2.45) is 0 Å². The molecule has 0 unspecified atom stereocenters. The van der Waals surface area contributed by atoms with Crippen molar-refractivity contribution in [3.8, 4) is 11.5 Å². The molecule has 2 heterocycles. The fourth-order valence-corrected chi connectivity index (χ4v) is 4.66. The highest BCUT2D eigenvalue weighted by Gasteiger charge is 2.28. The van der Waals surface area contributed by atoms with Gasteiger partial charge in [0.15, 0.2) is 11.5 Å². The van der Waals surface area contributed by atoms with Gasteiger partial charge in [-0.2, -0.15) is 0 Å². The maximum atomic E-state index is 13.7. The van der Waals surface area contributed by atoms with Crippen molar-refractivity contribution >= 4 is 11.9 Å². The zero-order chi connectivity index (χ0) is 26.7. The van der Waals surface area contributed by atoms with Crippen LogP contribution in [-0.4, -0.2) is 113 Å². The number of nitrogens with one attached hydrogen (secondary N) is 1. The van der Waals surface area contributed by atoms with Crippen LogP contribution in [0.25, 0.3) is 0 Å². The minimum Gasteiger partial charge on any atom is -0.493 e. The minimum absolute atomic E-state index is 0.117. The summed E-state index contributed by atoms with van der Waals surface area (Å²) in [6, 6.07) is 14.9. The zero-order valence-electron chi connectivity index (χ0n) is 22.3. The first kappa shape index (κ1) is 27.7. The first-order chi connectivity index (χ1) is 18.6. The van der Waals surface area contributed by atoms with Gasteiger partial charge < -0.3 is 34.1 Å². The Bertz CT molecular complexity index is 1050. The number of carbonyl (C=O) groups excluding carboxylic acids is 2. The minimum atomic E-state index is -0.292. The Hall–Kier alpha value is -3.34. The molecule has 2 saturated heterocycles. The molecule has 0 spiro atoms. The van der Waals surface area contributed by atoms with E-state index in [0.29, 0.717) is 69.6 Å². The first-order valence-electron chi connectivity index (χ1n) is 13.1. The van der Waals surface area contributed by atoms with Crippen LogP contribution in [0, 0.1) is 0 Å². The maximum absolute atomic E-state index is 13.7. The Morgan fingerprint density at radius 1 is 1.00 bits per heavy atom. The van der Waals surface area contributed by atoms with Crippen LogP contribution in [0.15, 0.2) is 48.5 Å². The Morgan fingerprint density at radius 3 is 2.50 bits per heavy atom. The highest BCUT2D eigenvalue weighted by Crippen LogP contribution is 2.28. The number of hydrogen-bond donors (Lipinski definition) is 1. The van der Waals surface area contributed by atoms with Gasteiger partial charge in [0.2, 0.25) is 0 Å². The van der Waals surface area contributed by atoms with Crippen molar-refractivity contribution in [3.63, 3.8) is 0 Å². The average molecular weight is 527 g/mol. The summed E-state index contributed by atoms with van der Waals surface area (Å²) >= 11 is 0. The van der Waals surface area contributed by atoms with Gasteiger partial charge in [-0.3, -0.25) is 9.69 Å². The summed E-state index contributed by atoms with van der Waals surface area (Å²) in [6.45, 7) is 6.52. The van der Waals surface area contributed by atoms with E-state index in [4.69, 9.17) is 18.9 Å². The molecule has 3 amide bonds. The number of nitrogens with zero attached hydrogens (tertiary/aromatic N) is 3. The number of benzene rings is 2. The summed E-state index contributed by atoms with van der Waals surface area (Å²) in [7, 11) is 3.12. The first-order valence-corrected chi connectivity index (χ1v) is 13.1. The Kier molecular flexibility index (Phi) is 10.2. The molecule has 0 aromatic heterocycles. The third-order valence-corrected chi connectivity index (χ3v) is 6.84. The summed E-state index contributed by atoms with van der Waals surface area (Å²) in [5.41, 5.74) is 1.55. The number of morpholine rings is 2. The van der Waals surface area contributed by atoms with Crippen molar-refractivity contribution in [2.75, 3.05) is 79.9 Å². The Morgan fingerprint density at radius 2 is 1.76 bits per heavy atom. The van der Waals surface area contributed by atoms with Gasteiger partial charge >= 0.3 is 6.03 Å². The highest BCUT2D eigenvalue weighted by atomic mass is 16.5. The summed E-state index contributed by atoms with van der Waals surface area (Å²) in [5, 5.41) is 2.99. The molecule has 2 fully saturated rings. The third-order valence-electron chi connectivity index (χ3n) is 6.84. The second-order valence-corrected chi connectivity index (χ2v) is 9.36. The molecule has 0 saturated carbocycles. The van der Waals surface area contributed by atoms with Crippen molar-refractivity contribution in [1.82, 2.24) is 20.0 Å². The van der Waals surface area contributed by atoms with Crippen LogP contribution >= 0.6 is 0 Å². The SMILES string of the molecule is COc1ccc(C(=O)N(CCN2CCOCC2)C[C@H]2CN(C(=O)NCc3ccccc3)CCO2)cc1OC. The molecular weight excluding hydrogens is 488 g/mol. The van der Waals surface area contributed by atoms with E-state index in [-0.39, 0.29) is 18.0 Å². The summed E-state index contributed by atoms with van der Waals surface area (Å²) in [6.07, 6.45) is -0.292. The van der Waals surface area contributed by atoms with E-state index >= 15 is 0 Å². The molecule has 206 valence electrons. The normalized spacial score (nSPS) is 18.1. The molecule has 10 heteroatoms. The van der Waals surface area contributed by atoms with E-state index in [2.05, 4.69) is 10.2 Å². The molecule has 2 aliphatic heterocycles. The number of rotatable bonds is 10. The van der Waals surface area contributed by atoms with Gasteiger partial charge in [-0.25, -0.2) is 4.79 Å². The van der Waals surface area contributed by atoms with E-state index < -0.39 is 0 Å². The number of methoxy groups -OCH3 is 2. The van der Waals surface area contributed by atoms with Crippen LogP contribution in [0.2, 0.25) is 0 Å². The molecule has 1 atom stereocenters. The zero-order valence-corrected chi connectivity index (χ0v) is 22.3. The second kappa shape index (κ2) is 14.0. The van der Waals surface area contributed by atoms with E-state index in [0.717, 1.165) is 25.2 Å². The van der Waals surface area contributed by atoms with Crippen LogP contribution in [0.5, 0.6) is 11.5 Å². The predicted octanol–water partition coefficient (Wildman–Crippen LogP) is 2.09. The molecule has 0 radical (unpaired) electrons. The van der Waals surface area contributed by atoms with Crippen molar-refractivity contribution < 1.29 is 28.5 Å². The van der Waals surface area contributed by atoms with Gasteiger partial charge in [0.05, 0.1) is 46.7 Å². The number of ether oxygens (including phenoxy) is 4. The van der Waals surface area contributed by atoms with Crippen LogP contribution in [0.4, 0.5) is 4.79 Å². The molecule has 2 aromatic carbocycles. The van der Waals surface area contributed by atoms with Gasteiger partial charge in [-0.05, 0) is 23.8 Å². The van der Waals surface area contributed by atoms with Crippen LogP contribution in [0.3, 0.4) is 0 Å². The molecule has 2 aliphatic rings. The van der Waals surface area contributed by atoms with Crippen molar-refractivity contribution in [3.05, 3.63) is 59.7 Å². The Balaban J connectivity index is 1.41. The third kappa shape index (κ3) is 7.59. The predicted molar refractivity (Wildman–Crippen MR) is 143 cm³/mol. The Labute approximate surface area is 224 Å². The number of hydrogen-bond acceptors (Lipinski definition) is 7. The monoisotopic (exact) mass is 526 g/mol. The number of urea groups is 1. The average Bonchev–Trinajstić information content (AvgIpc) is 2.98. The van der Waals surface area contributed by atoms with E-state index in [1.54, 1.807) is 37.3 Å². The van der Waals surface area contributed by atoms with E-state index in [1.165, 1.54) is 0 Å². The van der Waals surface area contributed by atoms with Gasteiger partial charge in [0.25, 0.3) is 5.91 Å².